The Bertz CT molecular complexity index is 860. The van der Waals surface area contributed by atoms with Gasteiger partial charge in [0.1, 0.15) is 0 Å². The number of fused-ring (bicyclic) bond motifs is 1. The maximum absolute atomic E-state index is 12.2. The van der Waals surface area contributed by atoms with Gasteiger partial charge in [-0.3, -0.25) is 9.78 Å². The van der Waals surface area contributed by atoms with Crippen LogP contribution < -0.4 is 0 Å². The van der Waals surface area contributed by atoms with Crippen molar-refractivity contribution in [2.24, 2.45) is 5.92 Å². The van der Waals surface area contributed by atoms with Crippen LogP contribution in [0, 0.1) is 5.92 Å². The molecule has 0 radical (unpaired) electrons. The quantitative estimate of drug-likeness (QED) is 0.403. The van der Waals surface area contributed by atoms with E-state index in [9.17, 15) is 24.0 Å². The first kappa shape index (κ1) is 29.9. The molecule has 0 spiro atoms. The van der Waals surface area contributed by atoms with Gasteiger partial charge in [0, 0.05) is 44.1 Å². The monoisotopic (exact) mass is 479 g/mol. The molecule has 4 N–H and O–H groups in total. The summed E-state index contributed by atoms with van der Waals surface area (Å²) in [6.07, 6.45) is 6.01. The maximum Gasteiger partial charge on any atom is 0.328 e. The van der Waals surface area contributed by atoms with Crippen molar-refractivity contribution in [3.8, 4) is 0 Å². The Labute approximate surface area is 196 Å². The second-order valence-corrected chi connectivity index (χ2v) is 7.37. The first-order valence-electron chi connectivity index (χ1n) is 9.95. The molecule has 12 heteroatoms. The summed E-state index contributed by atoms with van der Waals surface area (Å²) in [6.45, 7) is 1.87. The molecule has 0 bridgehead atoms. The fraction of sp³-hybridized carbons (Fsp3) is 0.364. The number of aliphatic carboxylic acids is 4. The topological polar surface area (TPSA) is 186 Å². The summed E-state index contributed by atoms with van der Waals surface area (Å²) in [7, 11) is 6.04. The molecule has 2 heterocycles. The van der Waals surface area contributed by atoms with Gasteiger partial charge in [-0.25, -0.2) is 19.2 Å². The highest BCUT2D eigenvalue weighted by atomic mass is 16.4. The van der Waals surface area contributed by atoms with E-state index in [-0.39, 0.29) is 5.91 Å². The predicted octanol–water partition coefficient (Wildman–Crippen LogP) is 0.701. The molecule has 1 aliphatic heterocycles. The first-order valence-corrected chi connectivity index (χ1v) is 9.95. The van der Waals surface area contributed by atoms with E-state index in [0.29, 0.717) is 30.2 Å². The zero-order chi connectivity index (χ0) is 26.3. The van der Waals surface area contributed by atoms with Gasteiger partial charge >= 0.3 is 23.9 Å². The van der Waals surface area contributed by atoms with E-state index < -0.39 is 23.9 Å². The molecule has 0 aliphatic carbocycles. The highest BCUT2D eigenvalue weighted by Gasteiger charge is 2.25. The van der Waals surface area contributed by atoms with Crippen LogP contribution in [0.4, 0.5) is 0 Å². The van der Waals surface area contributed by atoms with Gasteiger partial charge < -0.3 is 30.2 Å². The van der Waals surface area contributed by atoms with E-state index in [1.807, 2.05) is 24.1 Å². The molecule has 1 aromatic rings. The van der Waals surface area contributed by atoms with Crippen LogP contribution in [0.3, 0.4) is 0 Å². The third kappa shape index (κ3) is 14.1. The van der Waals surface area contributed by atoms with Gasteiger partial charge in [-0.05, 0) is 51.5 Å². The lowest BCUT2D eigenvalue weighted by molar-refractivity contribution is -0.134. The van der Waals surface area contributed by atoms with Crippen molar-refractivity contribution in [2.75, 3.05) is 34.2 Å². The number of amides is 1. The smallest absolute Gasteiger partial charge is 0.328 e. The molecular weight excluding hydrogens is 450 g/mol. The molecule has 2 rings (SSSR count). The SMILES string of the molecule is CN(C)CCC1Cc2ncccc2C(=O)N(C)C1.O=C(O)/C=C/C(=O)O.O=C(O)/C=C/C(=O)O. The van der Waals surface area contributed by atoms with Gasteiger partial charge in [-0.2, -0.15) is 0 Å². The van der Waals surface area contributed by atoms with Crippen LogP contribution in [0.2, 0.25) is 0 Å². The minimum Gasteiger partial charge on any atom is -0.478 e. The summed E-state index contributed by atoms with van der Waals surface area (Å²) < 4.78 is 0. The highest BCUT2D eigenvalue weighted by molar-refractivity contribution is 5.95. The lowest BCUT2D eigenvalue weighted by atomic mass is 9.98. The van der Waals surface area contributed by atoms with Crippen LogP contribution in [-0.2, 0) is 25.6 Å². The zero-order valence-corrected chi connectivity index (χ0v) is 19.1. The molecule has 34 heavy (non-hydrogen) atoms. The minimum absolute atomic E-state index is 0.102. The standard InChI is InChI=1S/C14H21N3O.2C4H4O4/c1-16(2)8-6-11-9-13-12(5-4-7-15-13)14(18)17(3)10-11;2*5-3(6)1-2-4(7)8/h4-5,7,11H,6,8-10H2,1-3H3;2*1-2H,(H,5,6)(H,7,8)/b;2*2-1+. The highest BCUT2D eigenvalue weighted by Crippen LogP contribution is 2.21. The number of hydrogen-bond donors (Lipinski definition) is 4. The summed E-state index contributed by atoms with van der Waals surface area (Å²) >= 11 is 0. The minimum atomic E-state index is -1.26. The summed E-state index contributed by atoms with van der Waals surface area (Å²) in [5.74, 6) is -4.43. The second kappa shape index (κ2) is 15.7. The number of hydrogen-bond acceptors (Lipinski definition) is 7. The number of aromatic nitrogens is 1. The lowest BCUT2D eigenvalue weighted by Crippen LogP contribution is -2.31. The summed E-state index contributed by atoms with van der Waals surface area (Å²) in [5.41, 5.74) is 1.72. The van der Waals surface area contributed by atoms with E-state index in [1.54, 1.807) is 6.20 Å². The number of pyridine rings is 1. The molecule has 0 saturated carbocycles. The number of rotatable bonds is 7. The van der Waals surface area contributed by atoms with Crippen LogP contribution in [-0.4, -0.2) is 99.2 Å². The Morgan fingerprint density at radius 2 is 1.47 bits per heavy atom. The molecule has 1 aromatic heterocycles. The third-order valence-electron chi connectivity index (χ3n) is 4.20. The Morgan fingerprint density at radius 1 is 1.00 bits per heavy atom. The number of carboxylic acids is 4. The van der Waals surface area contributed by atoms with Crippen molar-refractivity contribution in [2.45, 2.75) is 12.8 Å². The fourth-order valence-electron chi connectivity index (χ4n) is 2.73. The molecule has 1 atom stereocenters. The number of carbonyl (C=O) groups excluding carboxylic acids is 1. The average Bonchev–Trinajstić information content (AvgIpc) is 2.86. The van der Waals surface area contributed by atoms with Crippen LogP contribution in [0.15, 0.2) is 42.6 Å². The second-order valence-electron chi connectivity index (χ2n) is 7.37. The predicted molar refractivity (Wildman–Crippen MR) is 120 cm³/mol. The summed E-state index contributed by atoms with van der Waals surface area (Å²) in [4.78, 5) is 58.8. The van der Waals surface area contributed by atoms with E-state index in [4.69, 9.17) is 20.4 Å². The zero-order valence-electron chi connectivity index (χ0n) is 19.1. The van der Waals surface area contributed by atoms with Crippen LogP contribution in [0.5, 0.6) is 0 Å². The van der Waals surface area contributed by atoms with Gasteiger partial charge in [0.15, 0.2) is 0 Å². The largest absolute Gasteiger partial charge is 0.478 e. The van der Waals surface area contributed by atoms with Gasteiger partial charge in [0.25, 0.3) is 5.91 Å². The van der Waals surface area contributed by atoms with Gasteiger partial charge in [-0.1, -0.05) is 0 Å². The van der Waals surface area contributed by atoms with Gasteiger partial charge in [-0.15, -0.1) is 0 Å². The van der Waals surface area contributed by atoms with Crippen molar-refractivity contribution in [3.05, 3.63) is 53.9 Å². The van der Waals surface area contributed by atoms with Crippen LogP contribution in [0.25, 0.3) is 0 Å². The van der Waals surface area contributed by atoms with Crippen LogP contribution in [0.1, 0.15) is 22.5 Å². The number of carbonyl (C=O) groups is 5. The average molecular weight is 479 g/mol. The summed E-state index contributed by atoms with van der Waals surface area (Å²) in [6, 6.07) is 3.72. The Kier molecular flexibility index (Phi) is 13.8. The van der Waals surface area contributed by atoms with Crippen molar-refractivity contribution < 1.29 is 44.4 Å². The van der Waals surface area contributed by atoms with Crippen molar-refractivity contribution in [3.63, 3.8) is 0 Å². The Balaban J connectivity index is 0.000000570. The molecule has 186 valence electrons. The van der Waals surface area contributed by atoms with E-state index in [2.05, 4.69) is 24.0 Å². The van der Waals surface area contributed by atoms with E-state index in [1.165, 1.54) is 0 Å². The van der Waals surface area contributed by atoms with Crippen molar-refractivity contribution in [1.29, 1.82) is 0 Å². The molecule has 0 aromatic carbocycles. The third-order valence-corrected chi connectivity index (χ3v) is 4.20. The molecular formula is C22H29N3O9. The van der Waals surface area contributed by atoms with E-state index in [0.717, 1.165) is 37.2 Å². The van der Waals surface area contributed by atoms with E-state index >= 15 is 0 Å². The molecule has 1 aliphatic rings. The Morgan fingerprint density at radius 3 is 1.88 bits per heavy atom. The maximum atomic E-state index is 12.2. The molecule has 1 unspecified atom stereocenters. The number of carboxylic acid groups (broad SMARTS) is 4. The molecule has 12 nitrogen and oxygen atoms in total. The number of nitrogens with zero attached hydrogens (tertiary/aromatic N) is 3. The lowest BCUT2D eigenvalue weighted by Gasteiger charge is -2.21. The molecule has 0 saturated heterocycles. The fourth-order valence-corrected chi connectivity index (χ4v) is 2.73. The van der Waals surface area contributed by atoms with Crippen LogP contribution >= 0.6 is 0 Å². The van der Waals surface area contributed by atoms with Crippen molar-refractivity contribution in [1.82, 2.24) is 14.8 Å². The van der Waals surface area contributed by atoms with Crippen molar-refractivity contribution >= 4 is 29.8 Å². The first-order chi connectivity index (χ1) is 15.8. The van der Waals surface area contributed by atoms with Gasteiger partial charge in [0.2, 0.25) is 0 Å². The normalized spacial score (nSPS) is 15.0. The molecule has 0 fully saturated rings. The molecule has 1 amide bonds. The van der Waals surface area contributed by atoms with Gasteiger partial charge in [0.05, 0.1) is 11.3 Å². The Hall–Kier alpha value is -4.06. The summed E-state index contributed by atoms with van der Waals surface area (Å²) in [5, 5.41) is 31.2.